The molecule has 1 unspecified atom stereocenters. The zero-order valence-electron chi connectivity index (χ0n) is 30.0. The van der Waals surface area contributed by atoms with Gasteiger partial charge in [-0.05, 0) is 94.1 Å². The van der Waals surface area contributed by atoms with Gasteiger partial charge in [-0.25, -0.2) is 0 Å². The van der Waals surface area contributed by atoms with E-state index in [0.29, 0.717) is 0 Å². The topological polar surface area (TPSA) is 30.0 Å². The molecule has 0 heterocycles. The lowest BCUT2D eigenvalue weighted by molar-refractivity contribution is 0.682. The first-order valence-corrected chi connectivity index (χ1v) is 17.7. The third-order valence-corrected chi connectivity index (χ3v) is 10.2. The summed E-state index contributed by atoms with van der Waals surface area (Å²) >= 11 is 0. The molecule has 0 N–H and O–H groups in total. The third kappa shape index (κ3) is 8.70. The van der Waals surface area contributed by atoms with Crippen molar-refractivity contribution in [1.29, 1.82) is 0 Å². The van der Waals surface area contributed by atoms with Crippen LogP contribution in [0.5, 0.6) is 0 Å². The average Bonchev–Trinajstić information content (AvgIpc) is 3.12. The molecule has 5 nitrogen and oxygen atoms in total. The summed E-state index contributed by atoms with van der Waals surface area (Å²) < 4.78 is 14.7. The standard InChI is InChI=1S/C43H48N4OS/c1-44(2)36-22-14-32(15-23-36)42(33-16-24-37(25-17-33)45(3)4)30-41(49(48)40-12-10-9-11-13-40)31-43(34-18-26-38(27-19-34)46(5)6)35-20-28-39(29-21-35)47(7)8/h9-31,41H,1-8H3. The van der Waals surface area contributed by atoms with Crippen LogP contribution in [0, 0.1) is 0 Å². The highest BCUT2D eigenvalue weighted by Gasteiger charge is 2.20. The second-order valence-electron chi connectivity index (χ2n) is 13.0. The number of hydrogen-bond acceptors (Lipinski definition) is 5. The van der Waals surface area contributed by atoms with Crippen molar-refractivity contribution in [3.63, 3.8) is 0 Å². The van der Waals surface area contributed by atoms with Crippen LogP contribution in [0.25, 0.3) is 11.1 Å². The van der Waals surface area contributed by atoms with Crippen molar-refractivity contribution in [3.05, 3.63) is 162 Å². The summed E-state index contributed by atoms with van der Waals surface area (Å²) in [4.78, 5) is 9.19. The quantitative estimate of drug-likeness (QED) is 0.133. The van der Waals surface area contributed by atoms with Crippen LogP contribution in [-0.2, 0) is 10.8 Å². The molecule has 1 atom stereocenters. The number of anilines is 4. The van der Waals surface area contributed by atoms with E-state index in [-0.39, 0.29) is 0 Å². The number of hydrogen-bond donors (Lipinski definition) is 0. The summed E-state index contributed by atoms with van der Waals surface area (Å²) in [6.07, 6.45) is 4.39. The molecule has 0 spiro atoms. The fourth-order valence-corrected chi connectivity index (χ4v) is 6.95. The van der Waals surface area contributed by atoms with Gasteiger partial charge in [-0.1, -0.05) is 78.9 Å². The van der Waals surface area contributed by atoms with Crippen molar-refractivity contribution in [3.8, 4) is 0 Å². The first-order chi connectivity index (χ1) is 23.5. The molecule has 5 aromatic carbocycles. The maximum atomic E-state index is 14.7. The molecule has 5 aromatic rings. The van der Waals surface area contributed by atoms with Gasteiger partial charge in [0.05, 0.1) is 16.0 Å². The van der Waals surface area contributed by atoms with E-state index in [9.17, 15) is 4.21 Å². The summed E-state index contributed by atoms with van der Waals surface area (Å²) in [5.74, 6) is 0. The third-order valence-electron chi connectivity index (χ3n) is 8.66. The molecule has 0 aliphatic heterocycles. The van der Waals surface area contributed by atoms with Gasteiger partial charge >= 0.3 is 0 Å². The fourth-order valence-electron chi connectivity index (χ4n) is 5.69. The van der Waals surface area contributed by atoms with Crippen LogP contribution >= 0.6 is 0 Å². The largest absolute Gasteiger partial charge is 0.378 e. The molecule has 0 bridgehead atoms. The van der Waals surface area contributed by atoms with E-state index in [4.69, 9.17) is 0 Å². The SMILES string of the molecule is CN(C)c1ccc(C(=CC(C=C(c2ccc(N(C)C)cc2)c2ccc(N(C)C)cc2)S(=O)c2ccccc2)c2ccc(N(C)C)cc2)cc1. The highest BCUT2D eigenvalue weighted by atomic mass is 32.2. The van der Waals surface area contributed by atoms with Crippen LogP contribution < -0.4 is 19.6 Å². The fraction of sp³-hybridized carbons (Fsp3) is 0.209. The molecule has 0 saturated heterocycles. The molecule has 49 heavy (non-hydrogen) atoms. The predicted octanol–water partition coefficient (Wildman–Crippen LogP) is 8.69. The van der Waals surface area contributed by atoms with Gasteiger partial charge in [0, 0.05) is 84.0 Å². The van der Waals surface area contributed by atoms with Crippen molar-refractivity contribution >= 4 is 44.7 Å². The van der Waals surface area contributed by atoms with Crippen molar-refractivity contribution in [2.24, 2.45) is 0 Å². The van der Waals surface area contributed by atoms with Crippen LogP contribution in [0.3, 0.4) is 0 Å². The smallest absolute Gasteiger partial charge is 0.0773 e. The molecule has 0 aliphatic carbocycles. The molecule has 6 heteroatoms. The molecule has 5 rings (SSSR count). The highest BCUT2D eigenvalue weighted by molar-refractivity contribution is 7.86. The molecule has 0 amide bonds. The zero-order chi connectivity index (χ0) is 35.1. The maximum absolute atomic E-state index is 14.7. The summed E-state index contributed by atoms with van der Waals surface area (Å²) in [5, 5.41) is -0.448. The van der Waals surface area contributed by atoms with Gasteiger partial charge in [0.1, 0.15) is 0 Å². The molecule has 0 radical (unpaired) electrons. The normalized spacial score (nSPS) is 11.4. The number of benzene rings is 5. The lowest BCUT2D eigenvalue weighted by atomic mass is 9.93. The predicted molar refractivity (Wildman–Crippen MR) is 214 cm³/mol. The van der Waals surface area contributed by atoms with E-state index >= 15 is 0 Å². The van der Waals surface area contributed by atoms with E-state index in [1.54, 1.807) is 0 Å². The van der Waals surface area contributed by atoms with E-state index in [0.717, 1.165) is 61.0 Å². The first-order valence-electron chi connectivity index (χ1n) is 16.5. The molecular weight excluding hydrogens is 621 g/mol. The van der Waals surface area contributed by atoms with Gasteiger partial charge in [-0.2, -0.15) is 0 Å². The lowest BCUT2D eigenvalue weighted by Crippen LogP contribution is -2.13. The first kappa shape index (κ1) is 35.2. The van der Waals surface area contributed by atoms with Gasteiger partial charge in [0.15, 0.2) is 0 Å². The summed E-state index contributed by atoms with van der Waals surface area (Å²) in [6.45, 7) is 0. The van der Waals surface area contributed by atoms with Crippen LogP contribution in [0.2, 0.25) is 0 Å². The molecule has 252 valence electrons. The summed E-state index contributed by atoms with van der Waals surface area (Å²) in [7, 11) is 15.0. The van der Waals surface area contributed by atoms with E-state index in [1.807, 2.05) is 86.7 Å². The summed E-state index contributed by atoms with van der Waals surface area (Å²) in [5.41, 5.74) is 10.8. The van der Waals surface area contributed by atoms with Gasteiger partial charge in [-0.15, -0.1) is 0 Å². The average molecular weight is 669 g/mol. The minimum atomic E-state index is -1.39. The van der Waals surface area contributed by atoms with Crippen LogP contribution in [0.15, 0.2) is 144 Å². The Morgan fingerprint density at radius 3 is 0.939 bits per heavy atom. The summed E-state index contributed by atoms with van der Waals surface area (Å²) in [6, 6.07) is 44.2. The Kier molecular flexibility index (Phi) is 11.4. The number of nitrogens with zero attached hydrogens (tertiary/aromatic N) is 4. The van der Waals surface area contributed by atoms with E-state index in [1.165, 1.54) is 0 Å². The lowest BCUT2D eigenvalue weighted by Gasteiger charge is -2.20. The van der Waals surface area contributed by atoms with E-state index in [2.05, 4.69) is 129 Å². The van der Waals surface area contributed by atoms with Crippen LogP contribution in [0.4, 0.5) is 22.7 Å². The van der Waals surface area contributed by atoms with Crippen molar-refractivity contribution in [2.45, 2.75) is 10.1 Å². The Bertz CT molecular complexity index is 1670. The molecule has 0 fully saturated rings. The zero-order valence-corrected chi connectivity index (χ0v) is 30.8. The number of rotatable bonds is 12. The van der Waals surface area contributed by atoms with Gasteiger partial charge in [0.2, 0.25) is 0 Å². The minimum absolute atomic E-state index is 0.448. The molecule has 0 saturated carbocycles. The van der Waals surface area contributed by atoms with Crippen molar-refractivity contribution < 1.29 is 4.21 Å². The monoisotopic (exact) mass is 668 g/mol. The minimum Gasteiger partial charge on any atom is -0.378 e. The molecule has 0 aromatic heterocycles. The molecular formula is C43H48N4OS. The van der Waals surface area contributed by atoms with Gasteiger partial charge in [-0.3, -0.25) is 4.21 Å². The van der Waals surface area contributed by atoms with E-state index < -0.39 is 16.0 Å². The second-order valence-corrected chi connectivity index (χ2v) is 14.6. The Labute approximate surface area is 295 Å². The van der Waals surface area contributed by atoms with Crippen molar-refractivity contribution in [2.75, 3.05) is 76.0 Å². The Balaban J connectivity index is 1.75. The Hall–Kier alpha value is -5.07. The Morgan fingerprint density at radius 2 is 0.694 bits per heavy atom. The van der Waals surface area contributed by atoms with Gasteiger partial charge < -0.3 is 19.6 Å². The highest BCUT2D eigenvalue weighted by Crippen LogP contribution is 2.33. The van der Waals surface area contributed by atoms with Crippen LogP contribution in [0.1, 0.15) is 22.3 Å². The molecule has 0 aliphatic rings. The second kappa shape index (κ2) is 15.9. The maximum Gasteiger partial charge on any atom is 0.0773 e. The van der Waals surface area contributed by atoms with Crippen molar-refractivity contribution in [1.82, 2.24) is 0 Å². The van der Waals surface area contributed by atoms with Gasteiger partial charge in [0.25, 0.3) is 0 Å². The Morgan fingerprint density at radius 1 is 0.429 bits per heavy atom. The van der Waals surface area contributed by atoms with Crippen LogP contribution in [-0.4, -0.2) is 65.8 Å².